The van der Waals surface area contributed by atoms with Gasteiger partial charge in [-0.2, -0.15) is 0 Å². The van der Waals surface area contributed by atoms with Crippen molar-refractivity contribution in [2.24, 2.45) is 5.73 Å². The minimum atomic E-state index is 0.115. The fourth-order valence-electron chi connectivity index (χ4n) is 2.62. The van der Waals surface area contributed by atoms with Crippen molar-refractivity contribution >= 4 is 0 Å². The van der Waals surface area contributed by atoms with E-state index in [4.69, 9.17) is 10.5 Å². The first kappa shape index (κ1) is 15.5. The monoisotopic (exact) mass is 284 g/mol. The molecule has 0 radical (unpaired) electrons. The molecule has 0 bridgehead atoms. The van der Waals surface area contributed by atoms with Crippen LogP contribution < -0.4 is 10.5 Å². The van der Waals surface area contributed by atoms with E-state index in [9.17, 15) is 0 Å². The van der Waals surface area contributed by atoms with Gasteiger partial charge in [0, 0.05) is 35.5 Å². The number of benzene rings is 1. The number of ether oxygens (including phenoxy) is 1. The summed E-state index contributed by atoms with van der Waals surface area (Å²) in [5.41, 5.74) is 10.8. The molecule has 112 valence electrons. The van der Waals surface area contributed by atoms with E-state index >= 15 is 0 Å². The van der Waals surface area contributed by atoms with Crippen molar-refractivity contribution < 1.29 is 4.74 Å². The van der Waals surface area contributed by atoms with Gasteiger partial charge in [0.05, 0.1) is 7.11 Å². The van der Waals surface area contributed by atoms with E-state index in [0.29, 0.717) is 0 Å². The molecule has 0 fully saturated rings. The lowest BCUT2D eigenvalue weighted by Crippen LogP contribution is -2.24. The summed E-state index contributed by atoms with van der Waals surface area (Å²) in [6.07, 6.45) is 4.62. The fourth-order valence-corrected chi connectivity index (χ4v) is 2.62. The molecule has 0 aliphatic heterocycles. The molecule has 1 aromatic heterocycles. The third-order valence-corrected chi connectivity index (χ3v) is 3.85. The Morgan fingerprint density at radius 3 is 2.57 bits per heavy atom. The van der Waals surface area contributed by atoms with Crippen LogP contribution in [0.1, 0.15) is 28.8 Å². The molecule has 2 aromatic rings. The molecule has 1 unspecified atom stereocenters. The summed E-state index contributed by atoms with van der Waals surface area (Å²) in [5.74, 6) is 0.926. The zero-order valence-corrected chi connectivity index (χ0v) is 13.1. The Labute approximate surface area is 127 Å². The summed E-state index contributed by atoms with van der Waals surface area (Å²) in [6, 6.07) is 10.6. The standard InChI is InChI=1S/C18H24N2O/c1-13-12-20-17(14(2)18(13)21-3)11-16(19)10-9-15-7-5-4-6-8-15/h4-8,12,16H,9-11,19H2,1-3H3. The minimum Gasteiger partial charge on any atom is -0.496 e. The first-order valence-corrected chi connectivity index (χ1v) is 7.40. The van der Waals surface area contributed by atoms with Gasteiger partial charge in [-0.05, 0) is 32.3 Å². The molecule has 1 heterocycles. The molecule has 0 aliphatic rings. The lowest BCUT2D eigenvalue weighted by Gasteiger charge is -2.16. The second-order valence-corrected chi connectivity index (χ2v) is 5.53. The largest absolute Gasteiger partial charge is 0.496 e. The summed E-state index contributed by atoms with van der Waals surface area (Å²) in [4.78, 5) is 4.52. The summed E-state index contributed by atoms with van der Waals surface area (Å²) >= 11 is 0. The van der Waals surface area contributed by atoms with Crippen molar-refractivity contribution in [3.05, 3.63) is 58.9 Å². The number of nitrogens with zero attached hydrogens (tertiary/aromatic N) is 1. The fraction of sp³-hybridized carbons (Fsp3) is 0.389. The summed E-state index contributed by atoms with van der Waals surface area (Å²) in [5, 5.41) is 0. The third-order valence-electron chi connectivity index (χ3n) is 3.85. The predicted molar refractivity (Wildman–Crippen MR) is 86.7 cm³/mol. The minimum absolute atomic E-state index is 0.115. The van der Waals surface area contributed by atoms with Crippen LogP contribution in [-0.4, -0.2) is 18.1 Å². The number of hydrogen-bond acceptors (Lipinski definition) is 3. The van der Waals surface area contributed by atoms with Gasteiger partial charge in [0.1, 0.15) is 5.75 Å². The molecule has 3 nitrogen and oxygen atoms in total. The maximum absolute atomic E-state index is 6.27. The SMILES string of the molecule is COc1c(C)cnc(CC(N)CCc2ccccc2)c1C. The molecule has 0 spiro atoms. The summed E-state index contributed by atoms with van der Waals surface area (Å²) in [7, 11) is 1.70. The van der Waals surface area contributed by atoms with E-state index in [2.05, 4.69) is 36.2 Å². The van der Waals surface area contributed by atoms with Crippen molar-refractivity contribution in [2.75, 3.05) is 7.11 Å². The molecular formula is C18H24N2O. The van der Waals surface area contributed by atoms with Crippen LogP contribution in [0, 0.1) is 13.8 Å². The van der Waals surface area contributed by atoms with Crippen LogP contribution in [0.5, 0.6) is 5.75 Å². The van der Waals surface area contributed by atoms with Gasteiger partial charge in [0.2, 0.25) is 0 Å². The molecule has 0 saturated carbocycles. The molecule has 21 heavy (non-hydrogen) atoms. The molecule has 0 saturated heterocycles. The second kappa shape index (κ2) is 7.23. The maximum atomic E-state index is 6.27. The number of aryl methyl sites for hydroxylation is 2. The van der Waals surface area contributed by atoms with Gasteiger partial charge in [0.15, 0.2) is 0 Å². The highest BCUT2D eigenvalue weighted by molar-refractivity contribution is 5.41. The van der Waals surface area contributed by atoms with Crippen LogP contribution in [0.2, 0.25) is 0 Å². The molecule has 1 aromatic carbocycles. The van der Waals surface area contributed by atoms with Crippen molar-refractivity contribution in [3.63, 3.8) is 0 Å². The van der Waals surface area contributed by atoms with Crippen LogP contribution in [0.3, 0.4) is 0 Å². The van der Waals surface area contributed by atoms with Crippen LogP contribution >= 0.6 is 0 Å². The molecule has 2 rings (SSSR count). The van der Waals surface area contributed by atoms with Crippen LogP contribution in [-0.2, 0) is 12.8 Å². The maximum Gasteiger partial charge on any atom is 0.128 e. The first-order valence-electron chi connectivity index (χ1n) is 7.40. The number of hydrogen-bond donors (Lipinski definition) is 1. The smallest absolute Gasteiger partial charge is 0.128 e. The average Bonchev–Trinajstić information content (AvgIpc) is 2.50. The van der Waals surface area contributed by atoms with E-state index in [-0.39, 0.29) is 6.04 Å². The molecule has 0 aliphatic carbocycles. The highest BCUT2D eigenvalue weighted by atomic mass is 16.5. The van der Waals surface area contributed by atoms with Gasteiger partial charge in [-0.3, -0.25) is 4.98 Å². The number of rotatable bonds is 6. The van der Waals surface area contributed by atoms with Crippen molar-refractivity contribution in [1.29, 1.82) is 0 Å². The Balaban J connectivity index is 1.98. The van der Waals surface area contributed by atoms with Gasteiger partial charge in [0.25, 0.3) is 0 Å². The second-order valence-electron chi connectivity index (χ2n) is 5.53. The van der Waals surface area contributed by atoms with Crippen molar-refractivity contribution in [2.45, 2.75) is 39.2 Å². The Hall–Kier alpha value is -1.87. The van der Waals surface area contributed by atoms with E-state index in [0.717, 1.165) is 41.8 Å². The first-order chi connectivity index (χ1) is 10.1. The normalized spacial score (nSPS) is 12.2. The van der Waals surface area contributed by atoms with E-state index in [1.165, 1.54) is 5.56 Å². The molecular weight excluding hydrogens is 260 g/mol. The molecule has 1 atom stereocenters. The summed E-state index contributed by atoms with van der Waals surface area (Å²) < 4.78 is 5.45. The quantitative estimate of drug-likeness (QED) is 0.886. The van der Waals surface area contributed by atoms with Crippen LogP contribution in [0.25, 0.3) is 0 Å². The highest BCUT2D eigenvalue weighted by Crippen LogP contribution is 2.24. The Morgan fingerprint density at radius 1 is 1.19 bits per heavy atom. The van der Waals surface area contributed by atoms with Gasteiger partial charge in [-0.1, -0.05) is 30.3 Å². The predicted octanol–water partition coefficient (Wildman–Crippen LogP) is 3.21. The van der Waals surface area contributed by atoms with Gasteiger partial charge in [-0.15, -0.1) is 0 Å². The van der Waals surface area contributed by atoms with Crippen molar-refractivity contribution in [3.8, 4) is 5.75 Å². The number of pyridine rings is 1. The molecule has 3 heteroatoms. The Kier molecular flexibility index (Phi) is 5.34. The average molecular weight is 284 g/mol. The van der Waals surface area contributed by atoms with Crippen molar-refractivity contribution in [1.82, 2.24) is 4.98 Å². The zero-order valence-electron chi connectivity index (χ0n) is 13.1. The van der Waals surface area contributed by atoms with Gasteiger partial charge >= 0.3 is 0 Å². The van der Waals surface area contributed by atoms with E-state index < -0.39 is 0 Å². The number of nitrogens with two attached hydrogens (primary N) is 1. The summed E-state index contributed by atoms with van der Waals surface area (Å²) in [6.45, 7) is 4.07. The highest BCUT2D eigenvalue weighted by Gasteiger charge is 2.12. The third kappa shape index (κ3) is 4.05. The lowest BCUT2D eigenvalue weighted by atomic mass is 9.99. The number of methoxy groups -OCH3 is 1. The van der Waals surface area contributed by atoms with E-state index in [1.54, 1.807) is 7.11 Å². The van der Waals surface area contributed by atoms with Crippen LogP contribution in [0.4, 0.5) is 0 Å². The molecule has 0 amide bonds. The molecule has 2 N–H and O–H groups in total. The van der Waals surface area contributed by atoms with Crippen LogP contribution in [0.15, 0.2) is 36.5 Å². The number of aromatic nitrogens is 1. The Bertz CT molecular complexity index is 581. The topological polar surface area (TPSA) is 48.1 Å². The Morgan fingerprint density at radius 2 is 1.90 bits per heavy atom. The lowest BCUT2D eigenvalue weighted by molar-refractivity contribution is 0.406. The van der Waals surface area contributed by atoms with E-state index in [1.807, 2.05) is 19.2 Å². The van der Waals surface area contributed by atoms with Gasteiger partial charge < -0.3 is 10.5 Å². The van der Waals surface area contributed by atoms with Gasteiger partial charge in [-0.25, -0.2) is 0 Å². The zero-order chi connectivity index (χ0) is 15.2.